The van der Waals surface area contributed by atoms with Crippen molar-refractivity contribution >= 4 is 33.1 Å². The van der Waals surface area contributed by atoms with Gasteiger partial charge in [0.1, 0.15) is 6.04 Å². The zero-order chi connectivity index (χ0) is 20.5. The number of nitrogens with one attached hydrogen (secondary N) is 1. The smallest absolute Gasteiger partial charge is 0.279 e. The highest BCUT2D eigenvalue weighted by atomic mass is 32.1. The number of benzene rings is 2. The summed E-state index contributed by atoms with van der Waals surface area (Å²) in [4.78, 5) is 27.2. The molecule has 2 heterocycles. The average Bonchev–Trinajstić information content (AvgIpc) is 3.16. The van der Waals surface area contributed by atoms with E-state index >= 15 is 0 Å². The SMILES string of the molecule is Cc1ccc(NC(=O)[C@H](C)n2nnc3sc(-c4ccccc4)cc3c2=O)c(C)c1. The second-order valence-corrected chi connectivity index (χ2v) is 8.05. The second kappa shape index (κ2) is 7.60. The second-order valence-electron chi connectivity index (χ2n) is 7.02. The van der Waals surface area contributed by atoms with E-state index in [0.29, 0.717) is 10.2 Å². The number of hydrogen-bond donors (Lipinski definition) is 1. The number of aryl methyl sites for hydroxylation is 2. The zero-order valence-electron chi connectivity index (χ0n) is 16.3. The Morgan fingerprint density at radius 2 is 1.86 bits per heavy atom. The van der Waals surface area contributed by atoms with Gasteiger partial charge in [0, 0.05) is 10.6 Å². The highest BCUT2D eigenvalue weighted by Gasteiger charge is 2.21. The zero-order valence-corrected chi connectivity index (χ0v) is 17.2. The topological polar surface area (TPSA) is 76.9 Å². The van der Waals surface area contributed by atoms with Crippen molar-refractivity contribution < 1.29 is 4.79 Å². The van der Waals surface area contributed by atoms with E-state index in [1.54, 1.807) is 6.92 Å². The fraction of sp³-hybridized carbons (Fsp3) is 0.182. The van der Waals surface area contributed by atoms with Gasteiger partial charge in [-0.15, -0.1) is 16.4 Å². The van der Waals surface area contributed by atoms with Gasteiger partial charge in [-0.1, -0.05) is 53.2 Å². The number of hydrogen-bond acceptors (Lipinski definition) is 5. The molecule has 7 heteroatoms. The van der Waals surface area contributed by atoms with Crippen LogP contribution < -0.4 is 10.9 Å². The lowest BCUT2D eigenvalue weighted by Gasteiger charge is -2.14. The van der Waals surface area contributed by atoms with Gasteiger partial charge in [-0.2, -0.15) is 4.68 Å². The van der Waals surface area contributed by atoms with Crippen molar-refractivity contribution in [3.63, 3.8) is 0 Å². The van der Waals surface area contributed by atoms with E-state index in [0.717, 1.165) is 31.9 Å². The minimum absolute atomic E-state index is 0.314. The molecule has 1 N–H and O–H groups in total. The van der Waals surface area contributed by atoms with Gasteiger partial charge in [-0.3, -0.25) is 9.59 Å². The largest absolute Gasteiger partial charge is 0.324 e. The monoisotopic (exact) mass is 404 g/mol. The van der Waals surface area contributed by atoms with Crippen LogP contribution in [0.15, 0.2) is 59.4 Å². The van der Waals surface area contributed by atoms with Gasteiger partial charge in [0.25, 0.3) is 5.56 Å². The number of fused-ring (bicyclic) bond motifs is 1. The summed E-state index contributed by atoms with van der Waals surface area (Å²) in [6, 6.07) is 16.6. The van der Waals surface area contributed by atoms with Crippen LogP contribution in [0.1, 0.15) is 24.1 Å². The van der Waals surface area contributed by atoms with Crippen LogP contribution in [0.4, 0.5) is 5.69 Å². The van der Waals surface area contributed by atoms with Crippen molar-refractivity contribution in [1.82, 2.24) is 15.0 Å². The van der Waals surface area contributed by atoms with Crippen LogP contribution in [0.5, 0.6) is 0 Å². The molecule has 0 unspecified atom stereocenters. The lowest BCUT2D eigenvalue weighted by atomic mass is 10.1. The van der Waals surface area contributed by atoms with E-state index in [9.17, 15) is 9.59 Å². The normalized spacial score (nSPS) is 12.1. The van der Waals surface area contributed by atoms with Gasteiger partial charge >= 0.3 is 0 Å². The molecule has 0 bridgehead atoms. The predicted molar refractivity (Wildman–Crippen MR) is 116 cm³/mol. The van der Waals surface area contributed by atoms with Crippen LogP contribution in [0, 0.1) is 13.8 Å². The quantitative estimate of drug-likeness (QED) is 0.549. The van der Waals surface area contributed by atoms with Gasteiger partial charge in [-0.05, 0) is 44.0 Å². The van der Waals surface area contributed by atoms with Crippen molar-refractivity contribution in [3.8, 4) is 10.4 Å². The Bertz CT molecular complexity index is 1260. The molecule has 29 heavy (non-hydrogen) atoms. The maximum absolute atomic E-state index is 13.0. The van der Waals surface area contributed by atoms with E-state index in [4.69, 9.17) is 0 Å². The molecular formula is C22H20N4O2S. The Balaban J connectivity index is 1.65. The molecule has 1 atom stereocenters. The summed E-state index contributed by atoms with van der Waals surface area (Å²) in [6.45, 7) is 5.57. The molecule has 6 nitrogen and oxygen atoms in total. The number of rotatable bonds is 4. The molecule has 0 radical (unpaired) electrons. The molecule has 4 aromatic rings. The Kier molecular flexibility index (Phi) is 4.98. The van der Waals surface area contributed by atoms with E-state index in [2.05, 4.69) is 15.6 Å². The molecule has 1 amide bonds. The Morgan fingerprint density at radius 1 is 1.10 bits per heavy atom. The molecule has 0 fully saturated rings. The predicted octanol–water partition coefficient (Wildman–Crippen LogP) is 4.34. The van der Waals surface area contributed by atoms with Crippen molar-refractivity contribution in [1.29, 1.82) is 0 Å². The molecule has 2 aromatic carbocycles. The highest BCUT2D eigenvalue weighted by Crippen LogP contribution is 2.30. The standard InChI is InChI=1S/C22H20N4O2S/c1-13-9-10-18(14(2)11-13)23-20(27)15(3)26-22(28)17-12-19(29-21(17)24-25-26)16-7-5-4-6-8-16/h4-12,15H,1-3H3,(H,23,27)/t15-/m0/s1. The summed E-state index contributed by atoms with van der Waals surface area (Å²) in [6.07, 6.45) is 0. The summed E-state index contributed by atoms with van der Waals surface area (Å²) in [7, 11) is 0. The summed E-state index contributed by atoms with van der Waals surface area (Å²) in [5.41, 5.74) is 3.49. The summed E-state index contributed by atoms with van der Waals surface area (Å²) >= 11 is 1.41. The average molecular weight is 404 g/mol. The van der Waals surface area contributed by atoms with Gasteiger partial charge in [0.05, 0.1) is 5.39 Å². The van der Waals surface area contributed by atoms with Crippen molar-refractivity contribution in [2.75, 3.05) is 5.32 Å². The van der Waals surface area contributed by atoms with Crippen molar-refractivity contribution in [2.24, 2.45) is 0 Å². The summed E-state index contributed by atoms with van der Waals surface area (Å²) in [5.74, 6) is -0.314. The fourth-order valence-electron chi connectivity index (χ4n) is 3.16. The third-order valence-corrected chi connectivity index (χ3v) is 5.90. The first kappa shape index (κ1) is 19.0. The van der Waals surface area contributed by atoms with Crippen LogP contribution in [0.3, 0.4) is 0 Å². The van der Waals surface area contributed by atoms with E-state index < -0.39 is 6.04 Å². The minimum atomic E-state index is -0.792. The van der Waals surface area contributed by atoms with E-state index in [1.165, 1.54) is 11.3 Å². The number of carbonyl (C=O) groups is 1. The first-order chi connectivity index (χ1) is 13.9. The number of nitrogens with zero attached hydrogens (tertiary/aromatic N) is 3. The fourth-order valence-corrected chi connectivity index (χ4v) is 4.13. The van der Waals surface area contributed by atoms with Crippen LogP contribution in [-0.4, -0.2) is 20.9 Å². The van der Waals surface area contributed by atoms with Gasteiger partial charge in [0.15, 0.2) is 4.83 Å². The molecule has 2 aromatic heterocycles. The molecule has 146 valence electrons. The highest BCUT2D eigenvalue weighted by molar-refractivity contribution is 7.21. The first-order valence-corrected chi connectivity index (χ1v) is 10.1. The molecular weight excluding hydrogens is 384 g/mol. The molecule has 4 rings (SSSR count). The lowest BCUT2D eigenvalue weighted by molar-refractivity contribution is -0.119. The summed E-state index contributed by atoms with van der Waals surface area (Å²) < 4.78 is 1.14. The number of anilines is 1. The van der Waals surface area contributed by atoms with Crippen LogP contribution >= 0.6 is 11.3 Å². The molecule has 0 aliphatic carbocycles. The van der Waals surface area contributed by atoms with E-state index in [1.807, 2.05) is 68.4 Å². The first-order valence-electron chi connectivity index (χ1n) is 9.26. The number of amides is 1. The van der Waals surface area contributed by atoms with Crippen molar-refractivity contribution in [3.05, 3.63) is 76.1 Å². The minimum Gasteiger partial charge on any atom is -0.324 e. The third kappa shape index (κ3) is 3.69. The number of carbonyl (C=O) groups excluding carboxylic acids is 1. The van der Waals surface area contributed by atoms with Crippen LogP contribution in [-0.2, 0) is 4.79 Å². The Morgan fingerprint density at radius 3 is 2.59 bits per heavy atom. The Hall–Kier alpha value is -3.32. The molecule has 0 aliphatic rings. The molecule has 0 saturated carbocycles. The van der Waals surface area contributed by atoms with Gasteiger partial charge < -0.3 is 5.32 Å². The number of thiophene rings is 1. The van der Waals surface area contributed by atoms with Gasteiger partial charge in [0.2, 0.25) is 5.91 Å². The molecule has 0 saturated heterocycles. The molecule has 0 spiro atoms. The maximum Gasteiger partial charge on any atom is 0.279 e. The van der Waals surface area contributed by atoms with E-state index in [-0.39, 0.29) is 11.5 Å². The molecule has 0 aliphatic heterocycles. The van der Waals surface area contributed by atoms with Crippen LogP contribution in [0.25, 0.3) is 20.7 Å². The maximum atomic E-state index is 13.0. The van der Waals surface area contributed by atoms with Crippen molar-refractivity contribution in [2.45, 2.75) is 26.8 Å². The summed E-state index contributed by atoms with van der Waals surface area (Å²) in [5, 5.41) is 11.5. The number of aromatic nitrogens is 3. The lowest BCUT2D eigenvalue weighted by Crippen LogP contribution is -2.34. The van der Waals surface area contributed by atoms with Crippen LogP contribution in [0.2, 0.25) is 0 Å². The Labute approximate surface area is 171 Å². The van der Waals surface area contributed by atoms with Gasteiger partial charge in [-0.25, -0.2) is 0 Å². The third-order valence-electron chi connectivity index (χ3n) is 4.83.